The Morgan fingerprint density at radius 2 is 1.73 bits per heavy atom. The van der Waals surface area contributed by atoms with E-state index in [4.69, 9.17) is 14.2 Å². The molecule has 30 heavy (non-hydrogen) atoms. The van der Waals surface area contributed by atoms with Gasteiger partial charge in [-0.15, -0.1) is 0 Å². The molecule has 3 N–H and O–H groups in total. The third-order valence-corrected chi connectivity index (χ3v) is 4.63. The number of amides is 1. The predicted octanol–water partition coefficient (Wildman–Crippen LogP) is 2.23. The maximum atomic E-state index is 12.6. The molecule has 0 aliphatic carbocycles. The summed E-state index contributed by atoms with van der Waals surface area (Å²) >= 11 is 0. The van der Waals surface area contributed by atoms with Crippen molar-refractivity contribution in [2.75, 3.05) is 27.4 Å². The van der Waals surface area contributed by atoms with Gasteiger partial charge >= 0.3 is 0 Å². The highest BCUT2D eigenvalue weighted by atomic mass is 16.5. The number of aromatic amines is 1. The number of ether oxygens (including phenoxy) is 3. The van der Waals surface area contributed by atoms with Crippen LogP contribution >= 0.6 is 0 Å². The number of hydrogen-bond acceptors (Lipinski definition) is 6. The predicted molar refractivity (Wildman–Crippen MR) is 111 cm³/mol. The quantitative estimate of drug-likeness (QED) is 0.367. The largest absolute Gasteiger partial charge is 0.493 e. The lowest BCUT2D eigenvalue weighted by Crippen LogP contribution is -2.39. The normalized spacial score (nSPS) is 11.7. The monoisotopic (exact) mass is 412 g/mol. The minimum Gasteiger partial charge on any atom is -0.493 e. The molecule has 1 unspecified atom stereocenters. The summed E-state index contributed by atoms with van der Waals surface area (Å²) in [5, 5.41) is 13.3. The Hall–Kier alpha value is -3.52. The van der Waals surface area contributed by atoms with Gasteiger partial charge in [0.15, 0.2) is 11.5 Å². The van der Waals surface area contributed by atoms with E-state index < -0.39 is 17.8 Å². The molecule has 0 aliphatic heterocycles. The van der Waals surface area contributed by atoms with Crippen LogP contribution in [0.3, 0.4) is 0 Å². The Morgan fingerprint density at radius 3 is 2.40 bits per heavy atom. The number of methoxy groups -OCH3 is 2. The number of carbonyl (C=O) groups is 2. The first-order valence-corrected chi connectivity index (χ1v) is 9.38. The molecule has 1 aromatic heterocycles. The number of Topliss-reactive ketones (excluding diaryl/α,β-unsaturated/α-hetero) is 1. The van der Waals surface area contributed by atoms with Gasteiger partial charge in [-0.25, -0.2) is 0 Å². The number of fused-ring (bicyclic) bond motifs is 1. The van der Waals surface area contributed by atoms with Gasteiger partial charge in [-0.05, 0) is 25.1 Å². The lowest BCUT2D eigenvalue weighted by Gasteiger charge is -2.17. The lowest BCUT2D eigenvalue weighted by molar-refractivity contribution is -0.117. The van der Waals surface area contributed by atoms with E-state index in [-0.39, 0.29) is 13.2 Å². The number of benzene rings is 2. The van der Waals surface area contributed by atoms with Crippen molar-refractivity contribution in [3.63, 3.8) is 0 Å². The van der Waals surface area contributed by atoms with Crippen LogP contribution in [0, 0.1) is 6.92 Å². The first-order chi connectivity index (χ1) is 14.5. The highest BCUT2D eigenvalue weighted by Gasteiger charge is 2.23. The molecule has 1 amide bonds. The first-order valence-electron chi connectivity index (χ1n) is 9.38. The van der Waals surface area contributed by atoms with Crippen LogP contribution in [0.5, 0.6) is 17.2 Å². The summed E-state index contributed by atoms with van der Waals surface area (Å²) in [6.07, 6.45) is -1.04. The number of carbonyl (C=O) groups excluding carboxylic acids is 2. The molecule has 0 bridgehead atoms. The molecule has 1 heterocycles. The highest BCUT2D eigenvalue weighted by molar-refractivity contribution is 6.45. The first kappa shape index (κ1) is 21.2. The Morgan fingerprint density at radius 1 is 1.07 bits per heavy atom. The molecule has 3 rings (SSSR count). The van der Waals surface area contributed by atoms with Crippen molar-refractivity contribution < 1.29 is 28.9 Å². The van der Waals surface area contributed by atoms with Gasteiger partial charge in [0.25, 0.3) is 11.7 Å². The van der Waals surface area contributed by atoms with Crippen LogP contribution in [0.15, 0.2) is 42.5 Å². The number of nitrogens with one attached hydrogen (secondary N) is 2. The molecule has 0 radical (unpaired) electrons. The van der Waals surface area contributed by atoms with Crippen molar-refractivity contribution in [3.8, 4) is 17.2 Å². The molecule has 8 nitrogen and oxygen atoms in total. The van der Waals surface area contributed by atoms with E-state index in [1.165, 1.54) is 14.2 Å². The molecular weight excluding hydrogens is 388 g/mol. The molecule has 0 aliphatic rings. The maximum Gasteiger partial charge on any atom is 0.292 e. The molecule has 0 fully saturated rings. The number of ketones is 1. The van der Waals surface area contributed by atoms with Crippen LogP contribution in [-0.2, 0) is 4.79 Å². The third-order valence-electron chi connectivity index (χ3n) is 4.63. The summed E-state index contributed by atoms with van der Waals surface area (Å²) in [6, 6.07) is 12.4. The summed E-state index contributed by atoms with van der Waals surface area (Å²) < 4.78 is 16.1. The minimum absolute atomic E-state index is 0.128. The number of aliphatic hydroxyl groups excluding tert-OH is 1. The van der Waals surface area contributed by atoms with E-state index in [2.05, 4.69) is 10.3 Å². The van der Waals surface area contributed by atoms with Gasteiger partial charge in [-0.3, -0.25) is 9.59 Å². The van der Waals surface area contributed by atoms with E-state index >= 15 is 0 Å². The summed E-state index contributed by atoms with van der Waals surface area (Å²) in [5.41, 5.74) is 1.72. The van der Waals surface area contributed by atoms with E-state index in [1.54, 1.807) is 37.3 Å². The molecule has 0 spiro atoms. The van der Waals surface area contributed by atoms with Gasteiger partial charge in [0, 0.05) is 23.1 Å². The maximum absolute atomic E-state index is 12.6. The zero-order valence-electron chi connectivity index (χ0n) is 17.0. The standard InChI is InChI=1S/C22H24N2O6/c1-13-19(15-7-4-5-8-16(15)24-13)20(26)22(27)23-11-14(25)12-30-21-17(28-2)9-6-10-18(21)29-3/h4-10,14,24-25H,11-12H2,1-3H3,(H,23,27). The van der Waals surface area contributed by atoms with Gasteiger partial charge < -0.3 is 29.6 Å². The summed E-state index contributed by atoms with van der Waals surface area (Å²) in [6.45, 7) is 1.46. The molecule has 158 valence electrons. The van der Waals surface area contributed by atoms with Gasteiger partial charge in [0.1, 0.15) is 12.7 Å². The molecule has 2 aromatic carbocycles. The summed E-state index contributed by atoms with van der Waals surface area (Å²) in [7, 11) is 2.99. The second kappa shape index (κ2) is 9.32. The number of aromatic nitrogens is 1. The fourth-order valence-electron chi connectivity index (χ4n) is 3.17. The van der Waals surface area contributed by atoms with Gasteiger partial charge in [0.05, 0.1) is 19.8 Å². The lowest BCUT2D eigenvalue weighted by atomic mass is 10.1. The second-order valence-corrected chi connectivity index (χ2v) is 6.67. The fourth-order valence-corrected chi connectivity index (χ4v) is 3.17. The smallest absolute Gasteiger partial charge is 0.292 e. The molecule has 3 aromatic rings. The van der Waals surface area contributed by atoms with Crippen molar-refractivity contribution in [2.24, 2.45) is 0 Å². The zero-order chi connectivity index (χ0) is 21.7. The Labute approximate surface area is 173 Å². The second-order valence-electron chi connectivity index (χ2n) is 6.67. The molecular formula is C22H24N2O6. The SMILES string of the molecule is COc1cccc(OC)c1OCC(O)CNC(=O)C(=O)c1c(C)[nH]c2ccccc12. The number of aryl methyl sites for hydroxylation is 1. The van der Waals surface area contributed by atoms with Crippen LogP contribution in [0.2, 0.25) is 0 Å². The Balaban J connectivity index is 1.60. The van der Waals surface area contributed by atoms with Crippen molar-refractivity contribution in [1.29, 1.82) is 0 Å². The summed E-state index contributed by atoms with van der Waals surface area (Å²) in [5.74, 6) is -0.203. The van der Waals surface area contributed by atoms with Crippen LogP contribution in [0.25, 0.3) is 10.9 Å². The number of H-pyrrole nitrogens is 1. The zero-order valence-corrected chi connectivity index (χ0v) is 17.0. The van der Waals surface area contributed by atoms with Crippen molar-refractivity contribution in [2.45, 2.75) is 13.0 Å². The topological polar surface area (TPSA) is 110 Å². The van der Waals surface area contributed by atoms with Crippen LogP contribution in [-0.4, -0.2) is 55.3 Å². The minimum atomic E-state index is -1.04. The number of hydrogen-bond donors (Lipinski definition) is 3. The van der Waals surface area contributed by atoms with Gasteiger partial charge in [0.2, 0.25) is 5.75 Å². The fraction of sp³-hybridized carbons (Fsp3) is 0.273. The molecule has 0 saturated heterocycles. The van der Waals surface area contributed by atoms with Crippen LogP contribution < -0.4 is 19.5 Å². The van der Waals surface area contributed by atoms with Crippen molar-refractivity contribution in [3.05, 3.63) is 53.7 Å². The van der Waals surface area contributed by atoms with E-state index in [9.17, 15) is 14.7 Å². The third kappa shape index (κ3) is 4.38. The van der Waals surface area contributed by atoms with E-state index in [1.807, 2.05) is 12.1 Å². The van der Waals surface area contributed by atoms with Gasteiger partial charge in [-0.2, -0.15) is 0 Å². The van der Waals surface area contributed by atoms with Crippen LogP contribution in [0.1, 0.15) is 16.1 Å². The summed E-state index contributed by atoms with van der Waals surface area (Å²) in [4.78, 5) is 28.1. The van der Waals surface area contributed by atoms with Crippen molar-refractivity contribution in [1.82, 2.24) is 10.3 Å². The number of para-hydroxylation sites is 2. The van der Waals surface area contributed by atoms with Gasteiger partial charge in [-0.1, -0.05) is 24.3 Å². The molecule has 8 heteroatoms. The molecule has 1 atom stereocenters. The van der Waals surface area contributed by atoms with Crippen molar-refractivity contribution >= 4 is 22.6 Å². The average molecular weight is 412 g/mol. The van der Waals surface area contributed by atoms with E-state index in [0.29, 0.717) is 33.9 Å². The molecule has 0 saturated carbocycles. The average Bonchev–Trinajstić information content (AvgIpc) is 3.10. The number of aliphatic hydroxyl groups is 1. The van der Waals surface area contributed by atoms with Crippen LogP contribution in [0.4, 0.5) is 0 Å². The number of rotatable bonds is 9. The Kier molecular flexibility index (Phi) is 6.58. The Bertz CT molecular complexity index is 1040. The highest BCUT2D eigenvalue weighted by Crippen LogP contribution is 2.36. The van der Waals surface area contributed by atoms with E-state index in [0.717, 1.165) is 5.52 Å².